The Balaban J connectivity index is 2.23. The van der Waals surface area contributed by atoms with Gasteiger partial charge in [0.25, 0.3) is 0 Å². The quantitative estimate of drug-likeness (QED) is 0.769. The lowest BCUT2D eigenvalue weighted by Gasteiger charge is -2.18. The van der Waals surface area contributed by atoms with Crippen LogP contribution in [0.1, 0.15) is 12.0 Å². The van der Waals surface area contributed by atoms with Gasteiger partial charge in [0.1, 0.15) is 6.42 Å². The lowest BCUT2D eigenvalue weighted by atomic mass is 10.1. The molecule has 0 saturated carbocycles. The van der Waals surface area contributed by atoms with E-state index in [1.54, 1.807) is 18.2 Å². The molecule has 0 saturated heterocycles. The lowest BCUT2D eigenvalue weighted by molar-refractivity contribution is -0.151. The van der Waals surface area contributed by atoms with Crippen molar-refractivity contribution in [1.82, 2.24) is 0 Å². The minimum atomic E-state index is -4.47. The molecule has 92 valence electrons. The van der Waals surface area contributed by atoms with Gasteiger partial charge >= 0.3 is 6.18 Å². The van der Waals surface area contributed by atoms with Crippen molar-refractivity contribution >= 4 is 17.3 Å². The molecule has 1 aromatic carbocycles. The second kappa shape index (κ2) is 3.94. The zero-order valence-electron chi connectivity index (χ0n) is 8.92. The maximum atomic E-state index is 12.1. The second-order valence-corrected chi connectivity index (χ2v) is 3.93. The summed E-state index contributed by atoms with van der Waals surface area (Å²) in [6.45, 7) is 0.262. The highest BCUT2D eigenvalue weighted by Gasteiger charge is 2.36. The molecule has 0 aliphatic carbocycles. The van der Waals surface area contributed by atoms with Crippen molar-refractivity contribution in [2.75, 3.05) is 17.2 Å². The van der Waals surface area contributed by atoms with Crippen LogP contribution < -0.4 is 10.6 Å². The first kappa shape index (κ1) is 11.8. The van der Waals surface area contributed by atoms with Crippen molar-refractivity contribution in [3.8, 4) is 0 Å². The van der Waals surface area contributed by atoms with Crippen LogP contribution in [0.15, 0.2) is 18.2 Å². The molecule has 0 atom stereocenters. The minimum absolute atomic E-state index is 0.262. The number of alkyl halides is 3. The van der Waals surface area contributed by atoms with Crippen molar-refractivity contribution in [2.45, 2.75) is 19.0 Å². The normalized spacial score (nSPS) is 14.9. The van der Waals surface area contributed by atoms with E-state index in [0.717, 1.165) is 10.5 Å². The Morgan fingerprint density at radius 3 is 2.76 bits per heavy atom. The third kappa shape index (κ3) is 2.35. The third-order valence-electron chi connectivity index (χ3n) is 2.72. The summed E-state index contributed by atoms with van der Waals surface area (Å²) in [5.41, 5.74) is 7.47. The van der Waals surface area contributed by atoms with E-state index in [4.69, 9.17) is 5.73 Å². The topological polar surface area (TPSA) is 46.3 Å². The zero-order valence-corrected chi connectivity index (χ0v) is 8.92. The SMILES string of the molecule is Nc1cccc2c1CCN2C(=O)CC(F)(F)F. The molecule has 6 heteroatoms. The van der Waals surface area contributed by atoms with Gasteiger partial charge in [0.2, 0.25) is 5.91 Å². The van der Waals surface area contributed by atoms with Crippen LogP contribution in [0.4, 0.5) is 24.5 Å². The highest BCUT2D eigenvalue weighted by Crippen LogP contribution is 2.33. The number of carbonyl (C=O) groups is 1. The summed E-state index contributed by atoms with van der Waals surface area (Å²) in [5.74, 6) is -0.929. The van der Waals surface area contributed by atoms with Gasteiger partial charge in [-0.25, -0.2) is 0 Å². The Morgan fingerprint density at radius 2 is 2.12 bits per heavy atom. The number of hydrogen-bond acceptors (Lipinski definition) is 2. The van der Waals surface area contributed by atoms with Gasteiger partial charge in [-0.15, -0.1) is 0 Å². The van der Waals surface area contributed by atoms with Gasteiger partial charge in [-0.05, 0) is 18.6 Å². The Kier molecular flexibility index (Phi) is 2.73. The molecule has 3 nitrogen and oxygen atoms in total. The first-order chi connectivity index (χ1) is 7.88. The van der Waals surface area contributed by atoms with E-state index in [1.165, 1.54) is 0 Å². The number of nitrogen functional groups attached to an aromatic ring is 1. The van der Waals surface area contributed by atoms with Gasteiger partial charge in [-0.1, -0.05) is 6.07 Å². The molecule has 2 N–H and O–H groups in total. The molecular formula is C11H11F3N2O. The molecule has 17 heavy (non-hydrogen) atoms. The maximum Gasteiger partial charge on any atom is 0.397 e. The maximum absolute atomic E-state index is 12.1. The van der Waals surface area contributed by atoms with Crippen LogP contribution in [-0.4, -0.2) is 18.6 Å². The third-order valence-corrected chi connectivity index (χ3v) is 2.72. The molecule has 1 aliphatic rings. The number of amides is 1. The second-order valence-electron chi connectivity index (χ2n) is 3.93. The summed E-state index contributed by atoms with van der Waals surface area (Å²) in [5, 5.41) is 0. The van der Waals surface area contributed by atoms with Crippen molar-refractivity contribution in [2.24, 2.45) is 0 Å². The molecule has 1 amide bonds. The van der Waals surface area contributed by atoms with Gasteiger partial charge < -0.3 is 10.6 Å². The molecule has 2 rings (SSSR count). The fraction of sp³-hybridized carbons (Fsp3) is 0.364. The van der Waals surface area contributed by atoms with Crippen molar-refractivity contribution < 1.29 is 18.0 Å². The zero-order chi connectivity index (χ0) is 12.6. The Hall–Kier alpha value is -1.72. The molecule has 0 radical (unpaired) electrons. The minimum Gasteiger partial charge on any atom is -0.398 e. The summed E-state index contributed by atoms with van der Waals surface area (Å²) < 4.78 is 36.4. The average Bonchev–Trinajstić information content (AvgIpc) is 2.60. The standard InChI is InChI=1S/C11H11F3N2O/c12-11(13,14)6-10(17)16-5-4-7-8(15)2-1-3-9(7)16/h1-3H,4-6,15H2. The fourth-order valence-corrected chi connectivity index (χ4v) is 1.99. The number of hydrogen-bond donors (Lipinski definition) is 1. The summed E-state index contributed by atoms with van der Waals surface area (Å²) in [6.07, 6.45) is -5.40. The fourth-order valence-electron chi connectivity index (χ4n) is 1.99. The van der Waals surface area contributed by atoms with Crippen LogP contribution >= 0.6 is 0 Å². The van der Waals surface area contributed by atoms with E-state index in [2.05, 4.69) is 0 Å². The summed E-state index contributed by atoms with van der Waals surface area (Å²) in [6, 6.07) is 4.93. The monoisotopic (exact) mass is 244 g/mol. The molecule has 0 bridgehead atoms. The predicted octanol–water partition coefficient (Wildman–Crippen LogP) is 2.11. The summed E-state index contributed by atoms with van der Waals surface area (Å²) in [7, 11) is 0. The van der Waals surface area contributed by atoms with E-state index < -0.39 is 18.5 Å². The summed E-state index contributed by atoms with van der Waals surface area (Å²) in [4.78, 5) is 12.7. The molecule has 1 heterocycles. The van der Waals surface area contributed by atoms with Gasteiger partial charge in [0.15, 0.2) is 0 Å². The number of benzene rings is 1. The van der Waals surface area contributed by atoms with Crippen LogP contribution in [0.2, 0.25) is 0 Å². The predicted molar refractivity (Wildman–Crippen MR) is 57.6 cm³/mol. The van der Waals surface area contributed by atoms with Gasteiger partial charge in [0.05, 0.1) is 0 Å². The number of rotatable bonds is 1. The average molecular weight is 244 g/mol. The van der Waals surface area contributed by atoms with Crippen molar-refractivity contribution in [1.29, 1.82) is 0 Å². The van der Waals surface area contributed by atoms with Crippen LogP contribution in [-0.2, 0) is 11.2 Å². The van der Waals surface area contributed by atoms with E-state index in [0.29, 0.717) is 17.8 Å². The van der Waals surface area contributed by atoms with E-state index in [1.807, 2.05) is 0 Å². The van der Waals surface area contributed by atoms with Gasteiger partial charge in [-0.2, -0.15) is 13.2 Å². The smallest absolute Gasteiger partial charge is 0.397 e. The van der Waals surface area contributed by atoms with Crippen molar-refractivity contribution in [3.05, 3.63) is 23.8 Å². The number of fused-ring (bicyclic) bond motifs is 1. The van der Waals surface area contributed by atoms with Crippen LogP contribution in [0.5, 0.6) is 0 Å². The van der Waals surface area contributed by atoms with Crippen LogP contribution in [0, 0.1) is 0 Å². The van der Waals surface area contributed by atoms with Crippen LogP contribution in [0.3, 0.4) is 0 Å². The molecular weight excluding hydrogens is 233 g/mol. The Bertz CT molecular complexity index is 457. The van der Waals surface area contributed by atoms with Gasteiger partial charge in [-0.3, -0.25) is 4.79 Å². The highest BCUT2D eigenvalue weighted by atomic mass is 19.4. The molecule has 0 fully saturated rings. The highest BCUT2D eigenvalue weighted by molar-refractivity contribution is 5.96. The first-order valence-corrected chi connectivity index (χ1v) is 5.13. The Labute approximate surface area is 96.0 Å². The largest absolute Gasteiger partial charge is 0.398 e. The van der Waals surface area contributed by atoms with E-state index in [9.17, 15) is 18.0 Å². The molecule has 0 spiro atoms. The number of nitrogens with zero attached hydrogens (tertiary/aromatic N) is 1. The molecule has 1 aromatic rings. The first-order valence-electron chi connectivity index (χ1n) is 5.13. The molecule has 0 unspecified atom stereocenters. The number of halogens is 3. The van der Waals surface area contributed by atoms with E-state index in [-0.39, 0.29) is 6.54 Å². The lowest BCUT2D eigenvalue weighted by Crippen LogP contribution is -2.32. The molecule has 0 aromatic heterocycles. The molecule has 1 aliphatic heterocycles. The van der Waals surface area contributed by atoms with E-state index >= 15 is 0 Å². The van der Waals surface area contributed by atoms with Crippen LogP contribution in [0.25, 0.3) is 0 Å². The van der Waals surface area contributed by atoms with Gasteiger partial charge in [0, 0.05) is 23.5 Å². The number of carbonyl (C=O) groups excluding carboxylic acids is 1. The van der Waals surface area contributed by atoms with Crippen molar-refractivity contribution in [3.63, 3.8) is 0 Å². The Morgan fingerprint density at radius 1 is 1.41 bits per heavy atom. The number of anilines is 2. The summed E-state index contributed by atoms with van der Waals surface area (Å²) >= 11 is 0. The number of nitrogens with two attached hydrogens (primary N) is 1.